The molecule has 2 aromatic carbocycles. The predicted molar refractivity (Wildman–Crippen MR) is 98.5 cm³/mol. The maximum Gasteiger partial charge on any atom is 0.0991 e. The molecular formula is C21H21N3. The third-order valence-electron chi connectivity index (χ3n) is 5.14. The monoisotopic (exact) mass is 315 g/mol. The minimum absolute atomic E-state index is 0.700. The lowest BCUT2D eigenvalue weighted by molar-refractivity contribution is 0.466. The zero-order chi connectivity index (χ0) is 16.5. The van der Waals surface area contributed by atoms with Crippen molar-refractivity contribution in [3.05, 3.63) is 54.2 Å². The molecule has 1 aliphatic rings. The van der Waals surface area contributed by atoms with E-state index in [-0.39, 0.29) is 0 Å². The van der Waals surface area contributed by atoms with Gasteiger partial charge in [-0.15, -0.1) is 0 Å². The van der Waals surface area contributed by atoms with Crippen molar-refractivity contribution >= 4 is 16.6 Å². The smallest absolute Gasteiger partial charge is 0.0991 e. The molecule has 0 radical (unpaired) electrons. The van der Waals surface area contributed by atoms with Gasteiger partial charge in [-0.1, -0.05) is 25.0 Å². The molecule has 3 heteroatoms. The topological polar surface area (TPSA) is 54.7 Å². The number of rotatable bonds is 3. The van der Waals surface area contributed by atoms with Gasteiger partial charge in [0.1, 0.15) is 0 Å². The fourth-order valence-corrected chi connectivity index (χ4v) is 3.93. The summed E-state index contributed by atoms with van der Waals surface area (Å²) in [4.78, 5) is 0. The molecule has 1 aliphatic carbocycles. The molecule has 0 bridgehead atoms. The number of aromatic nitrogens is 1. The molecule has 1 heterocycles. The van der Waals surface area contributed by atoms with Gasteiger partial charge in [-0.3, -0.25) is 0 Å². The Morgan fingerprint density at radius 2 is 1.96 bits per heavy atom. The van der Waals surface area contributed by atoms with E-state index in [9.17, 15) is 5.26 Å². The Balaban J connectivity index is 1.86. The highest BCUT2D eigenvalue weighted by Gasteiger charge is 2.18. The van der Waals surface area contributed by atoms with Gasteiger partial charge in [0, 0.05) is 34.9 Å². The molecule has 0 amide bonds. The molecule has 0 unspecified atom stereocenters. The van der Waals surface area contributed by atoms with Crippen molar-refractivity contribution in [3.8, 4) is 17.2 Å². The Morgan fingerprint density at radius 3 is 2.71 bits per heavy atom. The van der Waals surface area contributed by atoms with Crippen LogP contribution in [0.3, 0.4) is 0 Å². The Morgan fingerprint density at radius 1 is 1.12 bits per heavy atom. The second-order valence-electron chi connectivity index (χ2n) is 6.81. The van der Waals surface area contributed by atoms with Crippen LogP contribution in [-0.2, 0) is 6.54 Å². The van der Waals surface area contributed by atoms with E-state index in [4.69, 9.17) is 5.73 Å². The number of nitriles is 1. The lowest BCUT2D eigenvalue weighted by atomic mass is 10.0. The normalized spacial score (nSPS) is 15.0. The van der Waals surface area contributed by atoms with E-state index in [2.05, 4.69) is 29.0 Å². The van der Waals surface area contributed by atoms with Gasteiger partial charge in [-0.25, -0.2) is 0 Å². The quantitative estimate of drug-likeness (QED) is 0.695. The van der Waals surface area contributed by atoms with Crippen molar-refractivity contribution in [3.63, 3.8) is 0 Å². The van der Waals surface area contributed by atoms with Crippen LogP contribution in [0.5, 0.6) is 0 Å². The first kappa shape index (κ1) is 14.8. The number of hydrogen-bond donors (Lipinski definition) is 1. The number of nitrogens with zero attached hydrogens (tertiary/aromatic N) is 2. The van der Waals surface area contributed by atoms with Crippen molar-refractivity contribution in [1.29, 1.82) is 5.26 Å². The molecule has 3 nitrogen and oxygen atoms in total. The van der Waals surface area contributed by atoms with E-state index >= 15 is 0 Å². The predicted octanol–water partition coefficient (Wildman–Crippen LogP) is 4.95. The lowest BCUT2D eigenvalue weighted by Crippen LogP contribution is -2.05. The highest BCUT2D eigenvalue weighted by molar-refractivity contribution is 5.97. The first-order chi connectivity index (χ1) is 11.7. The largest absolute Gasteiger partial charge is 0.399 e. The standard InChI is InChI=1S/C21H21N3/c22-12-16-8-9-21-19(10-16)20(17-6-3-7-18(23)11-17)14-24(21)13-15-4-1-2-5-15/h3,6-11,14-15H,1-2,4-5,13,23H2. The maximum absolute atomic E-state index is 9.26. The summed E-state index contributed by atoms with van der Waals surface area (Å²) in [7, 11) is 0. The minimum atomic E-state index is 0.700. The molecular weight excluding hydrogens is 294 g/mol. The van der Waals surface area contributed by atoms with Crippen molar-refractivity contribution in [2.75, 3.05) is 5.73 Å². The molecule has 0 spiro atoms. The zero-order valence-corrected chi connectivity index (χ0v) is 13.7. The lowest BCUT2D eigenvalue weighted by Gasteiger charge is -2.11. The average molecular weight is 315 g/mol. The van der Waals surface area contributed by atoms with E-state index in [1.54, 1.807) is 0 Å². The van der Waals surface area contributed by atoms with Crippen LogP contribution in [-0.4, -0.2) is 4.57 Å². The number of fused-ring (bicyclic) bond motifs is 1. The van der Waals surface area contributed by atoms with Gasteiger partial charge in [-0.05, 0) is 54.7 Å². The molecule has 3 aromatic rings. The van der Waals surface area contributed by atoms with Gasteiger partial charge in [0.2, 0.25) is 0 Å². The van der Waals surface area contributed by atoms with Gasteiger partial charge in [0.25, 0.3) is 0 Å². The van der Waals surface area contributed by atoms with Crippen LogP contribution in [0.2, 0.25) is 0 Å². The molecule has 0 aliphatic heterocycles. The molecule has 1 saturated carbocycles. The summed E-state index contributed by atoms with van der Waals surface area (Å²) in [6, 6.07) is 16.2. The first-order valence-corrected chi connectivity index (χ1v) is 8.63. The van der Waals surface area contributed by atoms with Gasteiger partial charge in [0.15, 0.2) is 0 Å². The minimum Gasteiger partial charge on any atom is -0.399 e. The van der Waals surface area contributed by atoms with E-state index in [1.165, 1.54) is 31.2 Å². The molecule has 120 valence electrons. The second kappa shape index (κ2) is 6.05. The number of hydrogen-bond acceptors (Lipinski definition) is 2. The fraction of sp³-hybridized carbons (Fsp3) is 0.286. The average Bonchev–Trinajstić information content (AvgIpc) is 3.23. The summed E-state index contributed by atoms with van der Waals surface area (Å²) >= 11 is 0. The van der Waals surface area contributed by atoms with Crippen LogP contribution in [0.4, 0.5) is 5.69 Å². The van der Waals surface area contributed by atoms with E-state index in [0.717, 1.165) is 34.7 Å². The molecule has 4 rings (SSSR count). The van der Waals surface area contributed by atoms with Crippen molar-refractivity contribution in [1.82, 2.24) is 4.57 Å². The Bertz CT molecular complexity index is 924. The zero-order valence-electron chi connectivity index (χ0n) is 13.7. The first-order valence-electron chi connectivity index (χ1n) is 8.63. The number of nitrogen functional groups attached to an aromatic ring is 1. The van der Waals surface area contributed by atoms with Crippen LogP contribution in [0.15, 0.2) is 48.7 Å². The molecule has 0 atom stereocenters. The summed E-state index contributed by atoms with van der Waals surface area (Å²) < 4.78 is 2.37. The van der Waals surface area contributed by atoms with Crippen molar-refractivity contribution in [2.45, 2.75) is 32.2 Å². The summed E-state index contributed by atoms with van der Waals surface area (Å²) in [6.07, 6.45) is 7.58. The Labute approximate surface area is 142 Å². The van der Waals surface area contributed by atoms with Crippen LogP contribution in [0, 0.1) is 17.2 Å². The van der Waals surface area contributed by atoms with Gasteiger partial charge >= 0.3 is 0 Å². The number of benzene rings is 2. The molecule has 1 fully saturated rings. The maximum atomic E-state index is 9.26. The Kier molecular flexibility index (Phi) is 3.74. The van der Waals surface area contributed by atoms with Gasteiger partial charge < -0.3 is 10.3 Å². The second-order valence-corrected chi connectivity index (χ2v) is 6.81. The van der Waals surface area contributed by atoms with Crippen LogP contribution in [0.1, 0.15) is 31.2 Å². The third kappa shape index (κ3) is 2.65. The van der Waals surface area contributed by atoms with Crippen LogP contribution >= 0.6 is 0 Å². The van der Waals surface area contributed by atoms with Crippen molar-refractivity contribution in [2.24, 2.45) is 5.92 Å². The van der Waals surface area contributed by atoms with E-state index in [1.807, 2.05) is 30.3 Å². The number of anilines is 1. The summed E-state index contributed by atoms with van der Waals surface area (Å²) in [5, 5.41) is 10.4. The summed E-state index contributed by atoms with van der Waals surface area (Å²) in [5.74, 6) is 0.768. The highest BCUT2D eigenvalue weighted by atomic mass is 15.0. The molecule has 1 aromatic heterocycles. The molecule has 2 N–H and O–H groups in total. The van der Waals surface area contributed by atoms with Gasteiger partial charge in [-0.2, -0.15) is 5.26 Å². The Hall–Kier alpha value is -2.73. The van der Waals surface area contributed by atoms with Gasteiger partial charge in [0.05, 0.1) is 11.6 Å². The van der Waals surface area contributed by atoms with E-state index < -0.39 is 0 Å². The highest BCUT2D eigenvalue weighted by Crippen LogP contribution is 2.34. The molecule has 0 saturated heterocycles. The summed E-state index contributed by atoms with van der Waals surface area (Å²) in [5.41, 5.74) is 10.9. The third-order valence-corrected chi connectivity index (χ3v) is 5.14. The van der Waals surface area contributed by atoms with Crippen molar-refractivity contribution < 1.29 is 0 Å². The SMILES string of the molecule is N#Cc1ccc2c(c1)c(-c1cccc(N)c1)cn2CC1CCCC1. The summed E-state index contributed by atoms with van der Waals surface area (Å²) in [6.45, 7) is 1.06. The molecule has 24 heavy (non-hydrogen) atoms. The van der Waals surface area contributed by atoms with Crippen LogP contribution in [0.25, 0.3) is 22.0 Å². The van der Waals surface area contributed by atoms with Crippen LogP contribution < -0.4 is 5.73 Å². The van der Waals surface area contributed by atoms with E-state index in [0.29, 0.717) is 5.56 Å². The number of nitrogens with two attached hydrogens (primary N) is 1. The fourth-order valence-electron chi connectivity index (χ4n) is 3.93.